The van der Waals surface area contributed by atoms with Crippen LogP contribution in [-0.2, 0) is 18.4 Å². The summed E-state index contributed by atoms with van der Waals surface area (Å²) in [6.45, 7) is 0. The molecule has 44 heavy (non-hydrogen) atoms. The maximum absolute atomic E-state index is 10.1. The summed E-state index contributed by atoms with van der Waals surface area (Å²) in [6.07, 6.45) is 6.35. The lowest BCUT2D eigenvalue weighted by Crippen LogP contribution is -2.34. The molecule has 0 bridgehead atoms. The number of ether oxygens (including phenoxy) is 2. The van der Waals surface area contributed by atoms with Crippen molar-refractivity contribution in [2.45, 2.75) is 28.2 Å². The molecule has 0 radical (unpaired) electrons. The Labute approximate surface area is 261 Å². The molecule has 0 spiro atoms. The Morgan fingerprint density at radius 3 is 2.23 bits per heavy atom. The predicted molar refractivity (Wildman–Crippen MR) is 179 cm³/mol. The zero-order valence-electron chi connectivity index (χ0n) is 24.3. The second-order valence-corrected chi connectivity index (χ2v) is 12.4. The van der Waals surface area contributed by atoms with E-state index < -0.39 is 5.60 Å². The lowest BCUT2D eigenvalue weighted by Gasteiger charge is -2.38. The molecule has 0 aromatic heterocycles. The number of hydrogen-bond donors (Lipinski definition) is 1. The molecule has 1 heterocycles. The van der Waals surface area contributed by atoms with Crippen molar-refractivity contribution in [3.63, 3.8) is 0 Å². The van der Waals surface area contributed by atoms with Crippen LogP contribution < -0.4 is 9.47 Å². The average molecular weight is 591 g/mol. The summed E-state index contributed by atoms with van der Waals surface area (Å²) in [6, 6.07) is 41.3. The van der Waals surface area contributed by atoms with Gasteiger partial charge in [-0.15, -0.1) is 0 Å². The van der Waals surface area contributed by atoms with E-state index in [1.165, 1.54) is 22.3 Å². The first kappa shape index (κ1) is 26.7. The standard InChI is InChI=1S/C40H30O3S/c1-42-36-24-35-34(25-37(36)44-30-13-6-3-7-14-30)38-31-15-9-8-10-26(31)16-21-32(38)33-22-23-40(43-39(33)35,27-11-4-2-5-12-27)28-17-19-29(41)20-18-28/h2-15,17-20,22-25,41H,16,21H2,1H3. The van der Waals surface area contributed by atoms with Crippen molar-refractivity contribution in [2.24, 2.45) is 0 Å². The number of benzene rings is 6. The number of phenols is 1. The van der Waals surface area contributed by atoms with Gasteiger partial charge in [-0.3, -0.25) is 0 Å². The van der Waals surface area contributed by atoms with Crippen LogP contribution in [0.2, 0.25) is 0 Å². The summed E-state index contributed by atoms with van der Waals surface area (Å²) in [5.41, 5.74) is 7.47. The summed E-state index contributed by atoms with van der Waals surface area (Å²) < 4.78 is 13.4. The molecule has 6 aromatic carbocycles. The third-order valence-corrected chi connectivity index (χ3v) is 9.88. The van der Waals surface area contributed by atoms with Crippen LogP contribution in [-0.4, -0.2) is 12.2 Å². The molecule has 0 saturated heterocycles. The number of aryl methyl sites for hydroxylation is 1. The monoisotopic (exact) mass is 590 g/mol. The minimum Gasteiger partial charge on any atom is -0.508 e. The molecule has 1 unspecified atom stereocenters. The van der Waals surface area contributed by atoms with Crippen LogP contribution in [0.15, 0.2) is 137 Å². The van der Waals surface area contributed by atoms with Crippen molar-refractivity contribution in [3.8, 4) is 28.4 Å². The highest BCUT2D eigenvalue weighted by molar-refractivity contribution is 7.99. The maximum atomic E-state index is 10.1. The number of methoxy groups -OCH3 is 1. The SMILES string of the molecule is COc1cc2c3c(c4c(c2cc1Sc1ccccc1)-c1ccccc1CC4)C=CC(c1ccccc1)(c1ccc(O)cc1)O3. The van der Waals surface area contributed by atoms with Gasteiger partial charge in [-0.25, -0.2) is 0 Å². The largest absolute Gasteiger partial charge is 0.508 e. The highest BCUT2D eigenvalue weighted by Crippen LogP contribution is 2.53. The van der Waals surface area contributed by atoms with Gasteiger partial charge in [-0.2, -0.15) is 0 Å². The zero-order chi connectivity index (χ0) is 29.7. The molecule has 6 aromatic rings. The van der Waals surface area contributed by atoms with Crippen molar-refractivity contribution in [1.29, 1.82) is 0 Å². The Bertz CT molecular complexity index is 2050. The van der Waals surface area contributed by atoms with Gasteiger partial charge in [0.15, 0.2) is 5.60 Å². The van der Waals surface area contributed by atoms with E-state index in [9.17, 15) is 5.11 Å². The van der Waals surface area contributed by atoms with Gasteiger partial charge >= 0.3 is 0 Å². The number of phenolic OH excluding ortho intramolecular Hbond substituents is 1. The van der Waals surface area contributed by atoms with E-state index >= 15 is 0 Å². The molecule has 1 aliphatic carbocycles. The highest BCUT2D eigenvalue weighted by atomic mass is 32.2. The van der Waals surface area contributed by atoms with Crippen molar-refractivity contribution < 1.29 is 14.6 Å². The lowest BCUT2D eigenvalue weighted by atomic mass is 9.77. The van der Waals surface area contributed by atoms with Crippen LogP contribution in [0.25, 0.3) is 28.0 Å². The molecule has 0 saturated carbocycles. The molecule has 1 N–H and O–H groups in total. The minimum absolute atomic E-state index is 0.225. The van der Waals surface area contributed by atoms with Gasteiger partial charge in [-0.1, -0.05) is 103 Å². The zero-order valence-corrected chi connectivity index (χ0v) is 25.1. The quantitative estimate of drug-likeness (QED) is 0.217. The van der Waals surface area contributed by atoms with Gasteiger partial charge in [0.25, 0.3) is 0 Å². The highest BCUT2D eigenvalue weighted by Gasteiger charge is 2.39. The molecule has 3 nitrogen and oxygen atoms in total. The van der Waals surface area contributed by atoms with Crippen molar-refractivity contribution in [3.05, 3.63) is 155 Å². The maximum Gasteiger partial charge on any atom is 0.178 e. The summed E-state index contributed by atoms with van der Waals surface area (Å²) in [5.74, 6) is 1.89. The Morgan fingerprint density at radius 1 is 0.750 bits per heavy atom. The minimum atomic E-state index is -0.875. The van der Waals surface area contributed by atoms with Gasteiger partial charge in [0, 0.05) is 27.0 Å². The van der Waals surface area contributed by atoms with E-state index in [-0.39, 0.29) is 5.75 Å². The Hall–Kier alpha value is -4.93. The van der Waals surface area contributed by atoms with Crippen LogP contribution in [0, 0.1) is 0 Å². The third-order valence-electron chi connectivity index (χ3n) is 8.84. The van der Waals surface area contributed by atoms with E-state index in [0.29, 0.717) is 0 Å². The number of aromatic hydroxyl groups is 1. The molecule has 8 rings (SSSR count). The third kappa shape index (κ3) is 4.29. The Morgan fingerprint density at radius 2 is 1.45 bits per heavy atom. The molecule has 1 atom stereocenters. The smallest absolute Gasteiger partial charge is 0.178 e. The molecule has 2 aliphatic rings. The van der Waals surface area contributed by atoms with Crippen molar-refractivity contribution >= 4 is 28.6 Å². The van der Waals surface area contributed by atoms with Gasteiger partial charge in [-0.05, 0) is 83.0 Å². The Kier molecular flexibility index (Phi) is 6.46. The molecule has 4 heteroatoms. The van der Waals surface area contributed by atoms with Gasteiger partial charge in [0.05, 0.1) is 12.0 Å². The number of rotatable bonds is 5. The topological polar surface area (TPSA) is 38.7 Å². The fraction of sp³-hybridized carbons (Fsp3) is 0.100. The molecule has 0 amide bonds. The van der Waals surface area contributed by atoms with Crippen LogP contribution in [0.1, 0.15) is 27.8 Å². The Balaban J connectivity index is 1.42. The van der Waals surface area contributed by atoms with Crippen molar-refractivity contribution in [1.82, 2.24) is 0 Å². The summed E-state index contributed by atoms with van der Waals surface area (Å²) >= 11 is 1.71. The van der Waals surface area contributed by atoms with Gasteiger partial charge < -0.3 is 14.6 Å². The summed E-state index contributed by atoms with van der Waals surface area (Å²) in [4.78, 5) is 2.22. The first-order valence-electron chi connectivity index (χ1n) is 14.9. The van der Waals surface area contributed by atoms with Gasteiger partial charge in [0.1, 0.15) is 17.2 Å². The first-order valence-corrected chi connectivity index (χ1v) is 15.7. The molecule has 0 fully saturated rings. The van der Waals surface area contributed by atoms with E-state index in [1.807, 2.05) is 36.4 Å². The second kappa shape index (κ2) is 10.7. The molecular weight excluding hydrogens is 561 g/mol. The first-order chi connectivity index (χ1) is 21.6. The summed E-state index contributed by atoms with van der Waals surface area (Å²) in [7, 11) is 1.74. The van der Waals surface area contributed by atoms with E-state index in [0.717, 1.165) is 61.6 Å². The molecule has 214 valence electrons. The molecule has 1 aliphatic heterocycles. The fourth-order valence-corrected chi connectivity index (χ4v) is 7.72. The number of hydrogen-bond acceptors (Lipinski definition) is 4. The van der Waals surface area contributed by atoms with Gasteiger partial charge in [0.2, 0.25) is 0 Å². The lowest BCUT2D eigenvalue weighted by molar-refractivity contribution is 0.163. The van der Waals surface area contributed by atoms with E-state index in [2.05, 4.69) is 84.9 Å². The molecular formula is C40H30O3S. The number of fused-ring (bicyclic) bond motifs is 8. The average Bonchev–Trinajstić information content (AvgIpc) is 3.08. The second-order valence-electron chi connectivity index (χ2n) is 11.3. The summed E-state index contributed by atoms with van der Waals surface area (Å²) in [5, 5.41) is 12.3. The predicted octanol–water partition coefficient (Wildman–Crippen LogP) is 9.82. The van der Waals surface area contributed by atoms with E-state index in [1.54, 1.807) is 31.0 Å². The van der Waals surface area contributed by atoms with E-state index in [4.69, 9.17) is 9.47 Å². The van der Waals surface area contributed by atoms with Crippen LogP contribution in [0.3, 0.4) is 0 Å². The van der Waals surface area contributed by atoms with Crippen molar-refractivity contribution in [2.75, 3.05) is 7.11 Å². The fourth-order valence-electron chi connectivity index (χ4n) is 6.75. The van der Waals surface area contributed by atoms with Crippen LogP contribution >= 0.6 is 11.8 Å². The van der Waals surface area contributed by atoms with Crippen LogP contribution in [0.5, 0.6) is 17.2 Å². The normalized spacial score (nSPS) is 16.5. The van der Waals surface area contributed by atoms with Crippen LogP contribution in [0.4, 0.5) is 0 Å².